The molecular weight excluding hydrogens is 250 g/mol. The van der Waals surface area contributed by atoms with E-state index >= 15 is 0 Å². The molecule has 1 fully saturated rings. The highest BCUT2D eigenvalue weighted by molar-refractivity contribution is 5.28. The molecule has 3 heteroatoms. The van der Waals surface area contributed by atoms with Gasteiger partial charge in [0.1, 0.15) is 11.9 Å². The zero-order valence-corrected chi connectivity index (χ0v) is 13.1. The van der Waals surface area contributed by atoms with Crippen molar-refractivity contribution in [3.8, 4) is 5.75 Å². The van der Waals surface area contributed by atoms with Crippen molar-refractivity contribution in [3.05, 3.63) is 29.8 Å². The predicted octanol–water partition coefficient (Wildman–Crippen LogP) is 3.03. The van der Waals surface area contributed by atoms with Crippen molar-refractivity contribution in [1.29, 1.82) is 0 Å². The Morgan fingerprint density at radius 3 is 2.55 bits per heavy atom. The van der Waals surface area contributed by atoms with Gasteiger partial charge < -0.3 is 14.8 Å². The Morgan fingerprint density at radius 2 is 1.95 bits per heavy atom. The Labute approximate surface area is 122 Å². The lowest BCUT2D eigenvalue weighted by atomic mass is 9.87. The first-order chi connectivity index (χ1) is 9.56. The summed E-state index contributed by atoms with van der Waals surface area (Å²) in [4.78, 5) is 0. The van der Waals surface area contributed by atoms with Crippen molar-refractivity contribution >= 4 is 0 Å². The fourth-order valence-corrected chi connectivity index (χ4v) is 3.17. The summed E-state index contributed by atoms with van der Waals surface area (Å²) in [5.41, 5.74) is 1.59. The molecule has 3 nitrogen and oxygen atoms in total. The van der Waals surface area contributed by atoms with E-state index < -0.39 is 0 Å². The zero-order valence-electron chi connectivity index (χ0n) is 13.1. The van der Waals surface area contributed by atoms with Gasteiger partial charge in [-0.15, -0.1) is 0 Å². The van der Waals surface area contributed by atoms with E-state index in [0.717, 1.165) is 25.2 Å². The summed E-state index contributed by atoms with van der Waals surface area (Å²) in [6.45, 7) is 5.38. The number of likely N-dealkylation sites (N-methyl/N-ethyl adjacent to an activating group) is 1. The Bertz CT molecular complexity index is 414. The minimum Gasteiger partial charge on any atom is -0.489 e. The normalized spacial score (nSPS) is 24.8. The van der Waals surface area contributed by atoms with E-state index in [4.69, 9.17) is 9.47 Å². The van der Waals surface area contributed by atoms with Gasteiger partial charge in [0.05, 0.1) is 6.61 Å². The maximum absolute atomic E-state index is 6.18. The smallest absolute Gasteiger partial charge is 0.119 e. The Hall–Kier alpha value is -1.06. The lowest BCUT2D eigenvalue weighted by Gasteiger charge is -2.30. The van der Waals surface area contributed by atoms with Gasteiger partial charge in [0, 0.05) is 13.2 Å². The molecule has 0 aromatic heterocycles. The van der Waals surface area contributed by atoms with Gasteiger partial charge in [-0.05, 0) is 49.4 Å². The third kappa shape index (κ3) is 3.53. The third-order valence-corrected chi connectivity index (χ3v) is 4.40. The van der Waals surface area contributed by atoms with Gasteiger partial charge >= 0.3 is 0 Å². The average molecular weight is 277 g/mol. The van der Waals surface area contributed by atoms with Crippen molar-refractivity contribution in [2.75, 3.05) is 20.8 Å². The number of rotatable bonds is 6. The predicted molar refractivity (Wildman–Crippen MR) is 82.3 cm³/mol. The number of nitrogens with one attached hydrogen (secondary N) is 1. The van der Waals surface area contributed by atoms with Crippen LogP contribution in [-0.2, 0) is 11.2 Å². The van der Waals surface area contributed by atoms with Crippen LogP contribution in [0.15, 0.2) is 24.3 Å². The molecule has 112 valence electrons. The molecule has 1 aromatic rings. The summed E-state index contributed by atoms with van der Waals surface area (Å²) in [6, 6.07) is 8.81. The second kappa shape index (κ2) is 6.59. The van der Waals surface area contributed by atoms with E-state index in [9.17, 15) is 0 Å². The topological polar surface area (TPSA) is 30.5 Å². The molecule has 0 aliphatic heterocycles. The van der Waals surface area contributed by atoms with Gasteiger partial charge in [-0.2, -0.15) is 0 Å². The summed E-state index contributed by atoms with van der Waals surface area (Å²) in [6.07, 6.45) is 3.53. The van der Waals surface area contributed by atoms with Gasteiger partial charge in [-0.1, -0.05) is 26.0 Å². The standard InChI is InChI=1S/C17H27NO2/c1-17(2)11-9-15(16(17)18-3)20-14-7-5-13(6-8-14)10-12-19-4/h5-8,15-16,18H,9-12H2,1-4H3. The van der Waals surface area contributed by atoms with Crippen molar-refractivity contribution < 1.29 is 9.47 Å². The van der Waals surface area contributed by atoms with E-state index in [2.05, 4.69) is 43.4 Å². The lowest BCUT2D eigenvalue weighted by Crippen LogP contribution is -2.44. The van der Waals surface area contributed by atoms with Crippen LogP contribution in [0.2, 0.25) is 0 Å². The molecule has 1 N–H and O–H groups in total. The third-order valence-electron chi connectivity index (χ3n) is 4.40. The summed E-state index contributed by atoms with van der Waals surface area (Å²) in [5, 5.41) is 3.42. The number of benzene rings is 1. The second-order valence-corrected chi connectivity index (χ2v) is 6.34. The Balaban J connectivity index is 1.96. The van der Waals surface area contributed by atoms with Gasteiger partial charge in [0.25, 0.3) is 0 Å². The average Bonchev–Trinajstić information content (AvgIpc) is 2.72. The fraction of sp³-hybridized carbons (Fsp3) is 0.647. The van der Waals surface area contributed by atoms with Crippen LogP contribution >= 0.6 is 0 Å². The highest BCUT2D eigenvalue weighted by atomic mass is 16.5. The molecule has 20 heavy (non-hydrogen) atoms. The molecule has 0 heterocycles. The first kappa shape index (κ1) is 15.3. The van der Waals surface area contributed by atoms with Gasteiger partial charge in [-0.3, -0.25) is 0 Å². The number of ether oxygens (including phenoxy) is 2. The molecule has 0 radical (unpaired) electrons. The maximum atomic E-state index is 6.18. The van der Waals surface area contributed by atoms with Crippen LogP contribution in [0, 0.1) is 5.41 Å². The van der Waals surface area contributed by atoms with E-state index in [1.807, 2.05) is 7.05 Å². The summed E-state index contributed by atoms with van der Waals surface area (Å²) in [7, 11) is 3.76. The van der Waals surface area contributed by atoms with Crippen LogP contribution in [-0.4, -0.2) is 32.9 Å². The molecule has 1 aliphatic carbocycles. The first-order valence-electron chi connectivity index (χ1n) is 7.48. The first-order valence-corrected chi connectivity index (χ1v) is 7.48. The van der Waals surface area contributed by atoms with Crippen molar-refractivity contribution in [2.24, 2.45) is 5.41 Å². The minimum absolute atomic E-state index is 0.264. The summed E-state index contributed by atoms with van der Waals surface area (Å²) >= 11 is 0. The molecule has 1 saturated carbocycles. The molecule has 0 bridgehead atoms. The highest BCUT2D eigenvalue weighted by Crippen LogP contribution is 2.39. The molecule has 2 unspecified atom stereocenters. The van der Waals surface area contributed by atoms with Crippen LogP contribution in [0.5, 0.6) is 5.75 Å². The second-order valence-electron chi connectivity index (χ2n) is 6.34. The minimum atomic E-state index is 0.264. The highest BCUT2D eigenvalue weighted by Gasteiger charge is 2.42. The van der Waals surface area contributed by atoms with Gasteiger partial charge in [-0.25, -0.2) is 0 Å². The molecule has 1 aromatic carbocycles. The van der Waals surface area contributed by atoms with Crippen LogP contribution in [0.4, 0.5) is 0 Å². The lowest BCUT2D eigenvalue weighted by molar-refractivity contribution is 0.146. The Morgan fingerprint density at radius 1 is 1.25 bits per heavy atom. The van der Waals surface area contributed by atoms with E-state index in [-0.39, 0.29) is 6.10 Å². The maximum Gasteiger partial charge on any atom is 0.119 e. The molecule has 1 aliphatic rings. The number of hydrogen-bond acceptors (Lipinski definition) is 3. The van der Waals surface area contributed by atoms with E-state index in [1.54, 1.807) is 7.11 Å². The largest absolute Gasteiger partial charge is 0.489 e. The number of hydrogen-bond donors (Lipinski definition) is 1. The van der Waals surface area contributed by atoms with Crippen molar-refractivity contribution in [3.63, 3.8) is 0 Å². The van der Waals surface area contributed by atoms with Crippen LogP contribution in [0.3, 0.4) is 0 Å². The zero-order chi connectivity index (χ0) is 14.6. The molecule has 0 saturated heterocycles. The van der Waals surface area contributed by atoms with Gasteiger partial charge in [0.2, 0.25) is 0 Å². The quantitative estimate of drug-likeness (QED) is 0.867. The van der Waals surface area contributed by atoms with Crippen LogP contribution in [0.1, 0.15) is 32.3 Å². The van der Waals surface area contributed by atoms with Crippen molar-refractivity contribution in [1.82, 2.24) is 5.32 Å². The Kier molecular flexibility index (Phi) is 5.06. The summed E-state index contributed by atoms with van der Waals surface area (Å²) in [5.74, 6) is 0.967. The fourth-order valence-electron chi connectivity index (χ4n) is 3.17. The monoisotopic (exact) mass is 277 g/mol. The molecule has 0 spiro atoms. The molecule has 0 amide bonds. The van der Waals surface area contributed by atoms with Gasteiger partial charge in [0.15, 0.2) is 0 Å². The molecular formula is C17H27NO2. The van der Waals surface area contributed by atoms with Crippen LogP contribution < -0.4 is 10.1 Å². The number of methoxy groups -OCH3 is 1. The van der Waals surface area contributed by atoms with Crippen LogP contribution in [0.25, 0.3) is 0 Å². The molecule has 2 rings (SSSR count). The van der Waals surface area contributed by atoms with E-state index in [0.29, 0.717) is 11.5 Å². The van der Waals surface area contributed by atoms with E-state index in [1.165, 1.54) is 12.0 Å². The SMILES string of the molecule is CNC1C(Oc2ccc(CCOC)cc2)CCC1(C)C. The molecule has 2 atom stereocenters. The summed E-state index contributed by atoms with van der Waals surface area (Å²) < 4.78 is 11.3. The van der Waals surface area contributed by atoms with Crippen molar-refractivity contribution in [2.45, 2.75) is 45.3 Å².